The van der Waals surface area contributed by atoms with Crippen molar-refractivity contribution in [2.75, 3.05) is 13.1 Å². The Hall–Kier alpha value is -2.34. The van der Waals surface area contributed by atoms with Gasteiger partial charge in [-0.1, -0.05) is 24.3 Å². The van der Waals surface area contributed by atoms with Gasteiger partial charge >= 0.3 is 6.09 Å². The number of nitrogens with zero attached hydrogens (tertiary/aromatic N) is 3. The summed E-state index contributed by atoms with van der Waals surface area (Å²) in [5, 5.41) is 19.8. The SMILES string of the molecule is O=C(O)N1CC2(C[C@@H]([C@@H]3c4ccccc4-c4cncn43)[C@@H]2O)C1. The highest BCUT2D eigenvalue weighted by Gasteiger charge is 2.63. The number of fused-ring (bicyclic) bond motifs is 3. The third kappa shape index (κ3) is 1.51. The summed E-state index contributed by atoms with van der Waals surface area (Å²) in [7, 11) is 0. The molecule has 1 aromatic carbocycles. The summed E-state index contributed by atoms with van der Waals surface area (Å²) in [6.07, 6.45) is 3.20. The Kier molecular flexibility index (Phi) is 2.36. The van der Waals surface area contributed by atoms with Crippen LogP contribution in [0.15, 0.2) is 36.8 Å². The molecular weight excluding hydrogens is 294 g/mol. The first-order valence-corrected chi connectivity index (χ1v) is 7.88. The number of imidazole rings is 1. The topological polar surface area (TPSA) is 78.6 Å². The average Bonchev–Trinajstić information content (AvgIpc) is 3.06. The number of amides is 1. The van der Waals surface area contributed by atoms with Crippen molar-refractivity contribution in [2.24, 2.45) is 11.3 Å². The monoisotopic (exact) mass is 311 g/mol. The molecule has 1 saturated carbocycles. The van der Waals surface area contributed by atoms with Crippen LogP contribution in [-0.2, 0) is 0 Å². The second-order valence-corrected chi connectivity index (χ2v) is 7.03. The van der Waals surface area contributed by atoms with Gasteiger partial charge in [-0.15, -0.1) is 0 Å². The van der Waals surface area contributed by atoms with Crippen LogP contribution in [0.2, 0.25) is 0 Å². The first kappa shape index (κ1) is 13.1. The Morgan fingerprint density at radius 1 is 1.30 bits per heavy atom. The summed E-state index contributed by atoms with van der Waals surface area (Å²) < 4.78 is 2.15. The van der Waals surface area contributed by atoms with Gasteiger partial charge < -0.3 is 19.7 Å². The lowest BCUT2D eigenvalue weighted by molar-refractivity contribution is -0.194. The molecule has 3 aliphatic rings. The largest absolute Gasteiger partial charge is 0.465 e. The van der Waals surface area contributed by atoms with Crippen LogP contribution in [0, 0.1) is 11.3 Å². The van der Waals surface area contributed by atoms with E-state index in [-0.39, 0.29) is 17.4 Å². The van der Waals surface area contributed by atoms with E-state index in [1.165, 1.54) is 16.0 Å². The van der Waals surface area contributed by atoms with Crippen LogP contribution >= 0.6 is 0 Å². The number of hydrogen-bond donors (Lipinski definition) is 2. The molecule has 6 heteroatoms. The second-order valence-electron chi connectivity index (χ2n) is 7.03. The molecule has 2 fully saturated rings. The van der Waals surface area contributed by atoms with Crippen LogP contribution in [-0.4, -0.2) is 50.0 Å². The Labute approximate surface area is 133 Å². The summed E-state index contributed by atoms with van der Waals surface area (Å²) in [6.45, 7) is 0.899. The Morgan fingerprint density at radius 2 is 2.09 bits per heavy atom. The molecule has 1 aliphatic carbocycles. The molecule has 5 rings (SSSR count). The average molecular weight is 311 g/mol. The van der Waals surface area contributed by atoms with Crippen molar-refractivity contribution < 1.29 is 15.0 Å². The maximum atomic E-state index is 11.0. The van der Waals surface area contributed by atoms with Gasteiger partial charge in [-0.25, -0.2) is 9.78 Å². The van der Waals surface area contributed by atoms with Crippen molar-refractivity contribution in [3.05, 3.63) is 42.4 Å². The van der Waals surface area contributed by atoms with E-state index < -0.39 is 12.2 Å². The molecule has 0 bridgehead atoms. The van der Waals surface area contributed by atoms with Gasteiger partial charge in [-0.2, -0.15) is 0 Å². The Balaban J connectivity index is 1.45. The van der Waals surface area contributed by atoms with E-state index in [1.54, 1.807) is 0 Å². The summed E-state index contributed by atoms with van der Waals surface area (Å²) in [6, 6.07) is 8.37. The van der Waals surface area contributed by atoms with Crippen LogP contribution in [0.1, 0.15) is 18.0 Å². The molecule has 2 aliphatic heterocycles. The summed E-state index contributed by atoms with van der Waals surface area (Å²) >= 11 is 0. The zero-order valence-corrected chi connectivity index (χ0v) is 12.5. The van der Waals surface area contributed by atoms with E-state index in [2.05, 4.69) is 21.7 Å². The molecule has 1 aromatic heterocycles. The normalized spacial score (nSPS) is 29.6. The fourth-order valence-electron chi connectivity index (χ4n) is 4.75. The highest BCUT2D eigenvalue weighted by atomic mass is 16.4. The highest BCUT2D eigenvalue weighted by molar-refractivity contribution is 5.69. The second kappa shape index (κ2) is 4.14. The van der Waals surface area contributed by atoms with Crippen molar-refractivity contribution in [2.45, 2.75) is 18.6 Å². The van der Waals surface area contributed by atoms with E-state index in [1.807, 2.05) is 24.7 Å². The standard InChI is InChI=1S/C17H17N3O3/c21-15-12(5-17(15)7-19(8-17)16(22)23)14-11-4-2-1-3-10(11)13-6-18-9-20(13)14/h1-4,6,9,12,14-15,21H,5,7-8H2,(H,22,23)/t12-,14-,15-/m0/s1. The minimum atomic E-state index is -0.894. The third-order valence-electron chi connectivity index (χ3n) is 5.88. The van der Waals surface area contributed by atoms with Crippen molar-refractivity contribution in [1.29, 1.82) is 0 Å². The number of benzene rings is 1. The maximum Gasteiger partial charge on any atom is 0.407 e. The van der Waals surface area contributed by atoms with E-state index in [9.17, 15) is 9.90 Å². The molecule has 3 atom stereocenters. The number of aromatic nitrogens is 2. The molecule has 0 radical (unpaired) electrons. The van der Waals surface area contributed by atoms with Crippen LogP contribution in [0.25, 0.3) is 11.3 Å². The van der Waals surface area contributed by atoms with Crippen molar-refractivity contribution in [3.8, 4) is 11.3 Å². The fraction of sp³-hybridized carbons (Fsp3) is 0.412. The van der Waals surface area contributed by atoms with Crippen LogP contribution in [0.5, 0.6) is 0 Å². The first-order valence-electron chi connectivity index (χ1n) is 7.88. The summed E-state index contributed by atoms with van der Waals surface area (Å²) in [4.78, 5) is 16.6. The van der Waals surface area contributed by atoms with Gasteiger partial charge in [0.25, 0.3) is 0 Å². The van der Waals surface area contributed by atoms with Crippen LogP contribution < -0.4 is 0 Å². The smallest absolute Gasteiger partial charge is 0.407 e. The Morgan fingerprint density at radius 3 is 2.83 bits per heavy atom. The molecule has 2 N–H and O–H groups in total. The quantitative estimate of drug-likeness (QED) is 0.842. The molecule has 3 heterocycles. The zero-order valence-electron chi connectivity index (χ0n) is 12.5. The highest BCUT2D eigenvalue weighted by Crippen LogP contribution is 2.59. The molecule has 2 aromatic rings. The number of carboxylic acid groups (broad SMARTS) is 1. The third-order valence-corrected chi connectivity index (χ3v) is 5.88. The molecule has 6 nitrogen and oxygen atoms in total. The summed E-state index contributed by atoms with van der Waals surface area (Å²) in [5.41, 5.74) is 3.28. The van der Waals surface area contributed by atoms with Crippen LogP contribution in [0.4, 0.5) is 4.79 Å². The van der Waals surface area contributed by atoms with Gasteiger partial charge in [-0.05, 0) is 12.0 Å². The van der Waals surface area contributed by atoms with E-state index in [0.29, 0.717) is 13.1 Å². The predicted octanol–water partition coefficient (Wildman–Crippen LogP) is 1.81. The predicted molar refractivity (Wildman–Crippen MR) is 81.9 cm³/mol. The minimum absolute atomic E-state index is 0.100. The van der Waals surface area contributed by atoms with E-state index in [0.717, 1.165) is 12.1 Å². The number of carbonyl (C=O) groups is 1. The Bertz CT molecular complexity index is 809. The molecule has 23 heavy (non-hydrogen) atoms. The maximum absolute atomic E-state index is 11.0. The van der Waals surface area contributed by atoms with Crippen LogP contribution in [0.3, 0.4) is 0 Å². The lowest BCUT2D eigenvalue weighted by Crippen LogP contribution is -2.71. The molecule has 118 valence electrons. The number of aliphatic hydroxyl groups is 1. The molecule has 1 amide bonds. The lowest BCUT2D eigenvalue weighted by atomic mass is 9.53. The molecule has 1 saturated heterocycles. The number of hydrogen-bond acceptors (Lipinski definition) is 3. The number of aliphatic hydroxyl groups excluding tert-OH is 1. The zero-order chi connectivity index (χ0) is 15.8. The fourth-order valence-corrected chi connectivity index (χ4v) is 4.75. The van der Waals surface area contributed by atoms with E-state index in [4.69, 9.17) is 5.11 Å². The minimum Gasteiger partial charge on any atom is -0.465 e. The number of likely N-dealkylation sites (tertiary alicyclic amines) is 1. The lowest BCUT2D eigenvalue weighted by Gasteiger charge is -2.62. The van der Waals surface area contributed by atoms with Gasteiger partial charge in [0, 0.05) is 30.0 Å². The van der Waals surface area contributed by atoms with Crippen molar-refractivity contribution in [1.82, 2.24) is 14.5 Å². The number of rotatable bonds is 1. The molecular formula is C17H17N3O3. The van der Waals surface area contributed by atoms with Crippen molar-refractivity contribution in [3.63, 3.8) is 0 Å². The van der Waals surface area contributed by atoms with E-state index >= 15 is 0 Å². The first-order chi connectivity index (χ1) is 11.1. The van der Waals surface area contributed by atoms with Gasteiger partial charge in [0.1, 0.15) is 0 Å². The summed E-state index contributed by atoms with van der Waals surface area (Å²) in [5.74, 6) is 0.113. The van der Waals surface area contributed by atoms with Crippen molar-refractivity contribution >= 4 is 6.09 Å². The molecule has 1 spiro atoms. The molecule has 0 unspecified atom stereocenters. The van der Waals surface area contributed by atoms with Gasteiger partial charge in [0.05, 0.1) is 30.4 Å². The van der Waals surface area contributed by atoms with Gasteiger partial charge in [0.15, 0.2) is 0 Å². The van der Waals surface area contributed by atoms with Gasteiger partial charge in [0.2, 0.25) is 0 Å². The van der Waals surface area contributed by atoms with Gasteiger partial charge in [-0.3, -0.25) is 0 Å².